The van der Waals surface area contributed by atoms with Gasteiger partial charge in [0.15, 0.2) is 11.5 Å². The summed E-state index contributed by atoms with van der Waals surface area (Å²) in [6.45, 7) is 8.49. The maximum atomic E-state index is 12.9. The first-order valence-corrected chi connectivity index (χ1v) is 10.4. The fourth-order valence-electron chi connectivity index (χ4n) is 3.00. The highest BCUT2D eigenvalue weighted by molar-refractivity contribution is 6.32. The molecule has 0 spiro atoms. The Morgan fingerprint density at radius 3 is 2.37 bits per heavy atom. The lowest BCUT2D eigenvalue weighted by molar-refractivity contribution is -0.116. The number of carbonyl (C=O) groups is 2. The Labute approximate surface area is 183 Å². The molecule has 6 nitrogen and oxygen atoms in total. The summed E-state index contributed by atoms with van der Waals surface area (Å²) in [7, 11) is 1.57. The van der Waals surface area contributed by atoms with Crippen molar-refractivity contribution in [2.24, 2.45) is 0 Å². The van der Waals surface area contributed by atoms with Gasteiger partial charge in [-0.3, -0.25) is 9.59 Å². The molecule has 30 heavy (non-hydrogen) atoms. The number of benzene rings is 2. The highest BCUT2D eigenvalue weighted by Gasteiger charge is 2.20. The van der Waals surface area contributed by atoms with E-state index in [0.717, 1.165) is 23.2 Å². The molecule has 0 bridgehead atoms. The number of hydrogen-bond donors (Lipinski definition) is 1. The van der Waals surface area contributed by atoms with Crippen LogP contribution in [-0.4, -0.2) is 43.5 Å². The van der Waals surface area contributed by atoms with Crippen LogP contribution >= 0.6 is 11.6 Å². The van der Waals surface area contributed by atoms with E-state index < -0.39 is 0 Å². The maximum absolute atomic E-state index is 12.9. The number of aryl methyl sites for hydroxylation is 2. The molecule has 0 aliphatic carbocycles. The van der Waals surface area contributed by atoms with Gasteiger partial charge >= 0.3 is 0 Å². The molecule has 2 aromatic carbocycles. The minimum absolute atomic E-state index is 0.0950. The predicted molar refractivity (Wildman–Crippen MR) is 120 cm³/mol. The first-order chi connectivity index (χ1) is 14.3. The highest BCUT2D eigenvalue weighted by atomic mass is 35.5. The number of nitrogens with one attached hydrogen (secondary N) is 1. The summed E-state index contributed by atoms with van der Waals surface area (Å²) in [6, 6.07) is 8.93. The molecule has 0 radical (unpaired) electrons. The van der Waals surface area contributed by atoms with Gasteiger partial charge in [-0.1, -0.05) is 36.7 Å². The van der Waals surface area contributed by atoms with Gasteiger partial charge in [-0.2, -0.15) is 0 Å². The summed E-state index contributed by atoms with van der Waals surface area (Å²) in [6.07, 6.45) is 0.820. The van der Waals surface area contributed by atoms with Gasteiger partial charge < -0.3 is 19.7 Å². The minimum Gasteiger partial charge on any atom is -0.490 e. The Morgan fingerprint density at radius 1 is 1.10 bits per heavy atom. The van der Waals surface area contributed by atoms with Crippen LogP contribution in [0.4, 0.5) is 5.69 Å². The number of rotatable bonds is 9. The topological polar surface area (TPSA) is 67.9 Å². The van der Waals surface area contributed by atoms with E-state index in [-0.39, 0.29) is 18.4 Å². The molecular formula is C23H29ClN2O4. The van der Waals surface area contributed by atoms with Crippen molar-refractivity contribution in [3.63, 3.8) is 0 Å². The van der Waals surface area contributed by atoms with Crippen LogP contribution < -0.4 is 14.8 Å². The molecule has 162 valence electrons. The summed E-state index contributed by atoms with van der Waals surface area (Å²) in [4.78, 5) is 26.7. The normalized spacial score (nSPS) is 10.5. The van der Waals surface area contributed by atoms with E-state index in [9.17, 15) is 9.59 Å². The van der Waals surface area contributed by atoms with E-state index in [4.69, 9.17) is 21.1 Å². The molecule has 0 aromatic heterocycles. The highest BCUT2D eigenvalue weighted by Crippen LogP contribution is 2.37. The number of carbonyl (C=O) groups excluding carboxylic acids is 2. The SMILES string of the molecule is CCCOc1c(Cl)cc(C(=O)N(C)CC(=O)Nc2c(C)cccc2C)cc1OCC. The van der Waals surface area contributed by atoms with Crippen LogP contribution in [-0.2, 0) is 4.79 Å². The van der Waals surface area contributed by atoms with Crippen LogP contribution in [0.2, 0.25) is 5.02 Å². The molecule has 2 rings (SSSR count). The Morgan fingerprint density at radius 2 is 1.77 bits per heavy atom. The van der Waals surface area contributed by atoms with E-state index in [1.165, 1.54) is 11.0 Å². The summed E-state index contributed by atoms with van der Waals surface area (Å²) in [5.74, 6) is 0.223. The van der Waals surface area contributed by atoms with E-state index in [1.54, 1.807) is 13.1 Å². The van der Waals surface area contributed by atoms with Crippen molar-refractivity contribution in [3.05, 3.63) is 52.0 Å². The zero-order valence-electron chi connectivity index (χ0n) is 18.2. The standard InChI is InChI=1S/C23H29ClN2O4/c1-6-11-30-22-18(24)12-17(13-19(22)29-7-2)23(28)26(5)14-20(27)25-21-15(3)9-8-10-16(21)4/h8-10,12-13H,6-7,11,14H2,1-5H3,(H,25,27). The van der Waals surface area contributed by atoms with Crippen molar-refractivity contribution in [2.45, 2.75) is 34.1 Å². The van der Waals surface area contributed by atoms with Crippen LogP contribution in [0, 0.1) is 13.8 Å². The van der Waals surface area contributed by atoms with E-state index >= 15 is 0 Å². The summed E-state index contributed by atoms with van der Waals surface area (Å²) in [5.41, 5.74) is 3.03. The van der Waals surface area contributed by atoms with Gasteiger partial charge in [0.2, 0.25) is 5.91 Å². The molecule has 7 heteroatoms. The van der Waals surface area contributed by atoms with Crippen LogP contribution in [0.1, 0.15) is 41.8 Å². The lowest BCUT2D eigenvalue weighted by Crippen LogP contribution is -2.35. The first kappa shape index (κ1) is 23.5. The smallest absolute Gasteiger partial charge is 0.254 e. The van der Waals surface area contributed by atoms with Crippen molar-refractivity contribution >= 4 is 29.1 Å². The van der Waals surface area contributed by atoms with Gasteiger partial charge in [-0.05, 0) is 50.5 Å². The second-order valence-electron chi connectivity index (χ2n) is 7.04. The van der Waals surface area contributed by atoms with Gasteiger partial charge in [0.05, 0.1) is 24.8 Å². The first-order valence-electron chi connectivity index (χ1n) is 9.99. The van der Waals surface area contributed by atoms with E-state index in [2.05, 4.69) is 5.32 Å². The van der Waals surface area contributed by atoms with Gasteiger partial charge in [-0.15, -0.1) is 0 Å². The van der Waals surface area contributed by atoms with Gasteiger partial charge in [0.1, 0.15) is 0 Å². The van der Waals surface area contributed by atoms with Gasteiger partial charge in [0.25, 0.3) is 5.91 Å². The average Bonchev–Trinajstić information content (AvgIpc) is 2.69. The third-order valence-electron chi connectivity index (χ3n) is 4.48. The molecule has 0 aliphatic heterocycles. The third-order valence-corrected chi connectivity index (χ3v) is 4.76. The van der Waals surface area contributed by atoms with Gasteiger partial charge in [-0.25, -0.2) is 0 Å². The number of nitrogens with zero attached hydrogens (tertiary/aromatic N) is 1. The van der Waals surface area contributed by atoms with Crippen molar-refractivity contribution in [3.8, 4) is 11.5 Å². The fourth-order valence-corrected chi connectivity index (χ4v) is 3.26. The number of likely N-dealkylation sites (N-methyl/N-ethyl adjacent to an activating group) is 1. The van der Waals surface area contributed by atoms with Crippen LogP contribution in [0.15, 0.2) is 30.3 Å². The van der Waals surface area contributed by atoms with Crippen LogP contribution in [0.5, 0.6) is 11.5 Å². The van der Waals surface area contributed by atoms with Crippen LogP contribution in [0.25, 0.3) is 0 Å². The van der Waals surface area contributed by atoms with Crippen molar-refractivity contribution in [2.75, 3.05) is 32.1 Å². The number of hydrogen-bond acceptors (Lipinski definition) is 4. The summed E-state index contributed by atoms with van der Waals surface area (Å²) >= 11 is 6.35. The van der Waals surface area contributed by atoms with Crippen molar-refractivity contribution in [1.82, 2.24) is 4.90 Å². The van der Waals surface area contributed by atoms with Crippen LogP contribution in [0.3, 0.4) is 0 Å². The molecule has 0 heterocycles. The number of halogens is 1. The molecule has 2 aromatic rings. The molecule has 0 atom stereocenters. The molecule has 0 fully saturated rings. The molecule has 0 aliphatic rings. The quantitative estimate of drug-likeness (QED) is 0.614. The molecule has 0 saturated carbocycles. The fraction of sp³-hybridized carbons (Fsp3) is 0.391. The van der Waals surface area contributed by atoms with E-state index in [1.807, 2.05) is 45.9 Å². The Kier molecular flexibility index (Phi) is 8.54. The number of amides is 2. The van der Waals surface area contributed by atoms with E-state index in [0.29, 0.717) is 35.3 Å². The Balaban J connectivity index is 2.15. The van der Waals surface area contributed by atoms with Gasteiger partial charge in [0, 0.05) is 18.3 Å². The monoisotopic (exact) mass is 432 g/mol. The lowest BCUT2D eigenvalue weighted by atomic mass is 10.1. The largest absolute Gasteiger partial charge is 0.490 e. The number of ether oxygens (including phenoxy) is 2. The molecular weight excluding hydrogens is 404 g/mol. The second-order valence-corrected chi connectivity index (χ2v) is 7.45. The second kappa shape index (κ2) is 10.9. The molecule has 0 saturated heterocycles. The zero-order valence-corrected chi connectivity index (χ0v) is 18.9. The number of para-hydroxylation sites is 1. The molecule has 0 unspecified atom stereocenters. The maximum Gasteiger partial charge on any atom is 0.254 e. The molecule has 2 amide bonds. The Bertz CT molecular complexity index is 894. The molecule has 1 N–H and O–H groups in total. The summed E-state index contributed by atoms with van der Waals surface area (Å²) in [5, 5.41) is 3.18. The number of anilines is 1. The minimum atomic E-state index is -0.337. The van der Waals surface area contributed by atoms with Crippen molar-refractivity contribution < 1.29 is 19.1 Å². The average molecular weight is 433 g/mol. The lowest BCUT2D eigenvalue weighted by Gasteiger charge is -2.20. The third kappa shape index (κ3) is 5.89. The van der Waals surface area contributed by atoms with Crippen molar-refractivity contribution in [1.29, 1.82) is 0 Å². The zero-order chi connectivity index (χ0) is 22.3. The summed E-state index contributed by atoms with van der Waals surface area (Å²) < 4.78 is 11.3. The predicted octanol–water partition coefficient (Wildman–Crippen LogP) is 4.86. The Hall–Kier alpha value is -2.73.